The van der Waals surface area contributed by atoms with Crippen molar-refractivity contribution in [3.8, 4) is 0 Å². The Labute approximate surface area is 107 Å². The molecule has 4 nitrogen and oxygen atoms in total. The highest BCUT2D eigenvalue weighted by Gasteiger charge is 2.18. The fourth-order valence-electron chi connectivity index (χ4n) is 2.14. The average molecular weight is 253 g/mol. The Hall–Kier alpha value is -1.20. The molecule has 0 aliphatic heterocycles. The molecule has 0 radical (unpaired) electrons. The third-order valence-corrected chi connectivity index (χ3v) is 3.21. The summed E-state index contributed by atoms with van der Waals surface area (Å²) in [5.74, 6) is 0.348. The average Bonchev–Trinajstić information content (AvgIpc) is 2.39. The van der Waals surface area contributed by atoms with E-state index in [-0.39, 0.29) is 5.82 Å². The second kappa shape index (κ2) is 6.66. The van der Waals surface area contributed by atoms with Gasteiger partial charge in [-0.25, -0.2) is 9.37 Å². The van der Waals surface area contributed by atoms with Gasteiger partial charge in [0, 0.05) is 12.6 Å². The lowest BCUT2D eigenvalue weighted by molar-refractivity contribution is 0.0313. The lowest BCUT2D eigenvalue weighted by Gasteiger charge is -2.26. The van der Waals surface area contributed by atoms with Gasteiger partial charge in [0.25, 0.3) is 0 Å². The summed E-state index contributed by atoms with van der Waals surface area (Å²) in [5, 5.41) is 3.09. The molecule has 0 amide bonds. The van der Waals surface area contributed by atoms with Crippen molar-refractivity contribution in [2.75, 3.05) is 18.5 Å². The fraction of sp³-hybridized carbons (Fsp3) is 0.615. The SMILES string of the molecule is NC1CCC(OCCNc2ccc(F)cn2)CC1. The Balaban J connectivity index is 1.60. The van der Waals surface area contributed by atoms with Crippen LogP contribution in [-0.4, -0.2) is 30.3 Å². The number of hydrogen-bond acceptors (Lipinski definition) is 4. The maximum Gasteiger partial charge on any atom is 0.141 e. The zero-order valence-corrected chi connectivity index (χ0v) is 10.4. The normalized spacial score (nSPS) is 23.9. The highest BCUT2D eigenvalue weighted by atomic mass is 19.1. The van der Waals surface area contributed by atoms with Crippen LogP contribution >= 0.6 is 0 Å². The number of anilines is 1. The van der Waals surface area contributed by atoms with E-state index in [2.05, 4.69) is 10.3 Å². The summed E-state index contributed by atoms with van der Waals surface area (Å²) in [6, 6.07) is 3.36. The quantitative estimate of drug-likeness (QED) is 0.787. The van der Waals surface area contributed by atoms with E-state index in [4.69, 9.17) is 10.5 Å². The lowest BCUT2D eigenvalue weighted by Crippen LogP contribution is -2.31. The highest BCUT2D eigenvalue weighted by molar-refractivity contribution is 5.33. The molecule has 0 saturated heterocycles. The predicted molar refractivity (Wildman–Crippen MR) is 68.9 cm³/mol. The molecule has 1 saturated carbocycles. The van der Waals surface area contributed by atoms with Crippen molar-refractivity contribution >= 4 is 5.82 Å². The van der Waals surface area contributed by atoms with Crippen LogP contribution in [0, 0.1) is 5.82 Å². The van der Waals surface area contributed by atoms with Crippen LogP contribution in [0.3, 0.4) is 0 Å². The van der Waals surface area contributed by atoms with Crippen molar-refractivity contribution in [2.24, 2.45) is 5.73 Å². The van der Waals surface area contributed by atoms with Gasteiger partial charge in [-0.1, -0.05) is 0 Å². The first-order valence-electron chi connectivity index (χ1n) is 6.46. The largest absolute Gasteiger partial charge is 0.376 e. The molecular weight excluding hydrogens is 233 g/mol. The summed E-state index contributed by atoms with van der Waals surface area (Å²) in [6.45, 7) is 1.32. The number of nitrogens with one attached hydrogen (secondary N) is 1. The second-order valence-corrected chi connectivity index (χ2v) is 4.70. The number of rotatable bonds is 5. The van der Waals surface area contributed by atoms with Gasteiger partial charge in [-0.3, -0.25) is 0 Å². The molecule has 0 spiro atoms. The first-order valence-corrected chi connectivity index (χ1v) is 6.46. The molecule has 1 aliphatic carbocycles. The van der Waals surface area contributed by atoms with Crippen LogP contribution in [0.1, 0.15) is 25.7 Å². The summed E-state index contributed by atoms with van der Waals surface area (Å²) >= 11 is 0. The molecule has 1 aromatic rings. The minimum absolute atomic E-state index is 0.324. The molecule has 2 rings (SSSR count). The molecule has 3 N–H and O–H groups in total. The first kappa shape index (κ1) is 13.2. The molecule has 0 unspecified atom stereocenters. The van der Waals surface area contributed by atoms with Crippen molar-refractivity contribution in [2.45, 2.75) is 37.8 Å². The molecule has 0 atom stereocenters. The van der Waals surface area contributed by atoms with E-state index in [9.17, 15) is 4.39 Å². The zero-order valence-electron chi connectivity index (χ0n) is 10.4. The summed E-state index contributed by atoms with van der Waals surface area (Å²) in [6.07, 6.45) is 5.75. The number of pyridine rings is 1. The summed E-state index contributed by atoms with van der Waals surface area (Å²) < 4.78 is 18.4. The van der Waals surface area contributed by atoms with Crippen LogP contribution in [0.25, 0.3) is 0 Å². The Bertz CT molecular complexity index is 350. The summed E-state index contributed by atoms with van der Waals surface area (Å²) in [7, 11) is 0. The minimum atomic E-state index is -0.324. The van der Waals surface area contributed by atoms with E-state index in [1.807, 2.05) is 0 Å². The van der Waals surface area contributed by atoms with Gasteiger partial charge in [0.1, 0.15) is 11.6 Å². The molecule has 100 valence electrons. The van der Waals surface area contributed by atoms with Crippen LogP contribution in [0.15, 0.2) is 18.3 Å². The molecule has 18 heavy (non-hydrogen) atoms. The van der Waals surface area contributed by atoms with E-state index in [1.165, 1.54) is 12.3 Å². The standard InChI is InChI=1S/C13H20FN3O/c14-10-1-6-13(17-9-10)16-7-8-18-12-4-2-11(15)3-5-12/h1,6,9,11-12H,2-5,7-8,15H2,(H,16,17). The van der Waals surface area contributed by atoms with Gasteiger partial charge in [-0.2, -0.15) is 0 Å². The van der Waals surface area contributed by atoms with Crippen molar-refractivity contribution in [3.63, 3.8) is 0 Å². The van der Waals surface area contributed by atoms with Crippen LogP contribution in [0.5, 0.6) is 0 Å². The van der Waals surface area contributed by atoms with Gasteiger partial charge in [0.15, 0.2) is 0 Å². The third kappa shape index (κ3) is 4.23. The van der Waals surface area contributed by atoms with Gasteiger partial charge in [-0.05, 0) is 37.8 Å². The van der Waals surface area contributed by atoms with Gasteiger partial charge in [0.05, 0.1) is 18.9 Å². The Kier molecular flexibility index (Phi) is 4.90. The number of nitrogens with two attached hydrogens (primary N) is 1. The second-order valence-electron chi connectivity index (χ2n) is 4.70. The number of ether oxygens (including phenoxy) is 1. The summed E-state index contributed by atoms with van der Waals surface area (Å²) in [5.41, 5.74) is 5.83. The topological polar surface area (TPSA) is 60.2 Å². The smallest absolute Gasteiger partial charge is 0.141 e. The number of aromatic nitrogens is 1. The lowest BCUT2D eigenvalue weighted by atomic mass is 9.94. The maximum atomic E-state index is 12.6. The number of nitrogens with zero attached hydrogens (tertiary/aromatic N) is 1. The molecule has 0 bridgehead atoms. The third-order valence-electron chi connectivity index (χ3n) is 3.21. The number of hydrogen-bond donors (Lipinski definition) is 2. The van der Waals surface area contributed by atoms with Crippen LogP contribution in [0.4, 0.5) is 10.2 Å². The Morgan fingerprint density at radius 1 is 1.33 bits per heavy atom. The molecular formula is C13H20FN3O. The summed E-state index contributed by atoms with van der Waals surface area (Å²) in [4.78, 5) is 3.91. The molecule has 0 aromatic carbocycles. The van der Waals surface area contributed by atoms with E-state index >= 15 is 0 Å². The molecule has 1 heterocycles. The monoisotopic (exact) mass is 253 g/mol. The van der Waals surface area contributed by atoms with Crippen molar-refractivity contribution in [1.82, 2.24) is 4.98 Å². The highest BCUT2D eigenvalue weighted by Crippen LogP contribution is 2.19. The first-order chi connectivity index (χ1) is 8.74. The molecule has 5 heteroatoms. The van der Waals surface area contributed by atoms with E-state index in [0.29, 0.717) is 31.1 Å². The fourth-order valence-corrected chi connectivity index (χ4v) is 2.14. The van der Waals surface area contributed by atoms with Gasteiger partial charge >= 0.3 is 0 Å². The minimum Gasteiger partial charge on any atom is -0.376 e. The predicted octanol–water partition coefficient (Wildman–Crippen LogP) is 1.92. The molecule has 1 aliphatic rings. The van der Waals surface area contributed by atoms with E-state index < -0.39 is 0 Å². The Morgan fingerprint density at radius 2 is 2.11 bits per heavy atom. The Morgan fingerprint density at radius 3 is 2.78 bits per heavy atom. The van der Waals surface area contributed by atoms with E-state index in [0.717, 1.165) is 25.7 Å². The van der Waals surface area contributed by atoms with Crippen molar-refractivity contribution in [1.29, 1.82) is 0 Å². The number of halogens is 1. The van der Waals surface area contributed by atoms with Gasteiger partial charge < -0.3 is 15.8 Å². The van der Waals surface area contributed by atoms with Crippen molar-refractivity contribution < 1.29 is 9.13 Å². The zero-order chi connectivity index (χ0) is 12.8. The maximum absolute atomic E-state index is 12.6. The van der Waals surface area contributed by atoms with Crippen molar-refractivity contribution in [3.05, 3.63) is 24.1 Å². The van der Waals surface area contributed by atoms with Crippen LogP contribution in [-0.2, 0) is 4.74 Å². The van der Waals surface area contributed by atoms with Crippen LogP contribution in [0.2, 0.25) is 0 Å². The molecule has 1 aromatic heterocycles. The van der Waals surface area contributed by atoms with Gasteiger partial charge in [-0.15, -0.1) is 0 Å². The van der Waals surface area contributed by atoms with Crippen LogP contribution < -0.4 is 11.1 Å². The molecule has 1 fully saturated rings. The van der Waals surface area contributed by atoms with Gasteiger partial charge in [0.2, 0.25) is 0 Å². The van der Waals surface area contributed by atoms with E-state index in [1.54, 1.807) is 6.07 Å².